The molecule has 110 valence electrons. The Labute approximate surface area is 120 Å². The second-order valence-corrected chi connectivity index (χ2v) is 4.86. The maximum absolute atomic E-state index is 11.9. The van der Waals surface area contributed by atoms with Crippen molar-refractivity contribution in [2.75, 3.05) is 18.4 Å². The Kier molecular flexibility index (Phi) is 6.73. The number of amides is 2. The van der Waals surface area contributed by atoms with Crippen molar-refractivity contribution in [1.82, 2.24) is 10.6 Å². The molecule has 0 bridgehead atoms. The maximum atomic E-state index is 11.9. The topological polar surface area (TPSA) is 70.2 Å². The third-order valence-corrected chi connectivity index (χ3v) is 2.61. The lowest BCUT2D eigenvalue weighted by Crippen LogP contribution is -2.30. The molecule has 0 aliphatic carbocycles. The molecule has 20 heavy (non-hydrogen) atoms. The summed E-state index contributed by atoms with van der Waals surface area (Å²) in [5.41, 5.74) is 1.19. The molecule has 5 heteroatoms. The predicted octanol–water partition coefficient (Wildman–Crippen LogP) is 1.76. The smallest absolute Gasteiger partial charge is 0.251 e. The maximum Gasteiger partial charge on any atom is 0.251 e. The van der Waals surface area contributed by atoms with Crippen LogP contribution in [0.25, 0.3) is 0 Å². The largest absolute Gasteiger partial charge is 0.350 e. The van der Waals surface area contributed by atoms with Gasteiger partial charge < -0.3 is 16.0 Å². The van der Waals surface area contributed by atoms with E-state index in [9.17, 15) is 9.59 Å². The standard InChI is InChI=1S/C15H23N3O2/c1-4-16-9-8-14(19)18-13-7-5-6-12(10-13)15(20)17-11(2)3/h5-7,10-11,16H,4,8-9H2,1-3H3,(H,17,20)(H,18,19). The molecule has 0 fully saturated rings. The van der Waals surface area contributed by atoms with Gasteiger partial charge in [0.25, 0.3) is 5.91 Å². The van der Waals surface area contributed by atoms with Crippen molar-refractivity contribution in [3.8, 4) is 0 Å². The first-order valence-electron chi connectivity index (χ1n) is 6.94. The van der Waals surface area contributed by atoms with Crippen LogP contribution < -0.4 is 16.0 Å². The number of carbonyl (C=O) groups is 2. The quantitative estimate of drug-likeness (QED) is 0.665. The fourth-order valence-corrected chi connectivity index (χ4v) is 1.69. The Bertz CT molecular complexity index is 458. The molecule has 0 spiro atoms. The van der Waals surface area contributed by atoms with Crippen molar-refractivity contribution in [3.63, 3.8) is 0 Å². The van der Waals surface area contributed by atoms with E-state index in [1.165, 1.54) is 0 Å². The molecule has 3 N–H and O–H groups in total. The van der Waals surface area contributed by atoms with Gasteiger partial charge in [-0.25, -0.2) is 0 Å². The number of hydrogen-bond acceptors (Lipinski definition) is 3. The van der Waals surface area contributed by atoms with Gasteiger partial charge in [0.2, 0.25) is 5.91 Å². The summed E-state index contributed by atoms with van der Waals surface area (Å²) in [4.78, 5) is 23.6. The van der Waals surface area contributed by atoms with E-state index in [1.54, 1.807) is 24.3 Å². The van der Waals surface area contributed by atoms with Crippen LogP contribution >= 0.6 is 0 Å². The molecule has 0 radical (unpaired) electrons. The highest BCUT2D eigenvalue weighted by Gasteiger charge is 2.08. The van der Waals surface area contributed by atoms with Gasteiger partial charge >= 0.3 is 0 Å². The van der Waals surface area contributed by atoms with E-state index in [2.05, 4.69) is 16.0 Å². The highest BCUT2D eigenvalue weighted by Crippen LogP contribution is 2.11. The summed E-state index contributed by atoms with van der Waals surface area (Å²) in [6, 6.07) is 7.03. The molecule has 5 nitrogen and oxygen atoms in total. The molecule has 0 unspecified atom stereocenters. The lowest BCUT2D eigenvalue weighted by atomic mass is 10.1. The summed E-state index contributed by atoms with van der Waals surface area (Å²) < 4.78 is 0. The molecular formula is C15H23N3O2. The normalized spacial score (nSPS) is 10.4. The van der Waals surface area contributed by atoms with Crippen LogP contribution in [0.15, 0.2) is 24.3 Å². The van der Waals surface area contributed by atoms with Gasteiger partial charge in [0.15, 0.2) is 0 Å². The fourth-order valence-electron chi connectivity index (χ4n) is 1.69. The first-order chi connectivity index (χ1) is 9.52. The SMILES string of the molecule is CCNCCC(=O)Nc1cccc(C(=O)NC(C)C)c1. The summed E-state index contributed by atoms with van der Waals surface area (Å²) >= 11 is 0. The van der Waals surface area contributed by atoms with Crippen LogP contribution in [0.5, 0.6) is 0 Å². The molecule has 1 aromatic rings. The minimum atomic E-state index is -0.135. The van der Waals surface area contributed by atoms with Crippen LogP contribution in [0.3, 0.4) is 0 Å². The number of anilines is 1. The second-order valence-electron chi connectivity index (χ2n) is 4.86. The highest BCUT2D eigenvalue weighted by atomic mass is 16.2. The third kappa shape index (κ3) is 5.84. The van der Waals surface area contributed by atoms with Crippen LogP contribution in [-0.4, -0.2) is 30.9 Å². The van der Waals surface area contributed by atoms with E-state index in [-0.39, 0.29) is 17.9 Å². The first kappa shape index (κ1) is 16.2. The number of rotatable bonds is 7. The molecule has 1 aromatic carbocycles. The zero-order chi connectivity index (χ0) is 15.0. The fraction of sp³-hybridized carbons (Fsp3) is 0.467. The van der Waals surface area contributed by atoms with Crippen LogP contribution in [-0.2, 0) is 4.79 Å². The van der Waals surface area contributed by atoms with Crippen LogP contribution in [0.4, 0.5) is 5.69 Å². The Balaban J connectivity index is 2.59. The zero-order valence-electron chi connectivity index (χ0n) is 12.3. The van der Waals surface area contributed by atoms with Crippen LogP contribution in [0.1, 0.15) is 37.6 Å². The summed E-state index contributed by atoms with van der Waals surface area (Å²) in [5, 5.41) is 8.70. The van der Waals surface area contributed by atoms with Gasteiger partial charge in [-0.15, -0.1) is 0 Å². The minimum Gasteiger partial charge on any atom is -0.350 e. The Morgan fingerprint density at radius 2 is 2.00 bits per heavy atom. The van der Waals surface area contributed by atoms with E-state index < -0.39 is 0 Å². The number of nitrogens with one attached hydrogen (secondary N) is 3. The van der Waals surface area contributed by atoms with Crippen molar-refractivity contribution < 1.29 is 9.59 Å². The molecule has 0 atom stereocenters. The van der Waals surface area contributed by atoms with E-state index in [4.69, 9.17) is 0 Å². The Morgan fingerprint density at radius 3 is 2.65 bits per heavy atom. The number of benzene rings is 1. The monoisotopic (exact) mass is 277 g/mol. The summed E-state index contributed by atoms with van der Waals surface area (Å²) in [6.07, 6.45) is 0.413. The van der Waals surface area contributed by atoms with E-state index in [0.717, 1.165) is 6.54 Å². The molecule has 0 aliphatic heterocycles. The minimum absolute atomic E-state index is 0.0626. The highest BCUT2D eigenvalue weighted by molar-refractivity contribution is 5.97. The van der Waals surface area contributed by atoms with Crippen molar-refractivity contribution in [2.24, 2.45) is 0 Å². The van der Waals surface area contributed by atoms with Gasteiger partial charge in [0.05, 0.1) is 0 Å². The molecule has 1 rings (SSSR count). The average molecular weight is 277 g/mol. The second kappa shape index (κ2) is 8.32. The van der Waals surface area contributed by atoms with Gasteiger partial charge in [-0.1, -0.05) is 13.0 Å². The zero-order valence-corrected chi connectivity index (χ0v) is 12.3. The lowest BCUT2D eigenvalue weighted by Gasteiger charge is -2.10. The molecule has 0 aliphatic rings. The van der Waals surface area contributed by atoms with E-state index in [1.807, 2.05) is 20.8 Å². The molecule has 0 saturated carbocycles. The van der Waals surface area contributed by atoms with E-state index >= 15 is 0 Å². The lowest BCUT2D eigenvalue weighted by molar-refractivity contribution is -0.116. The first-order valence-corrected chi connectivity index (χ1v) is 6.94. The van der Waals surface area contributed by atoms with Gasteiger partial charge in [0, 0.05) is 30.3 Å². The summed E-state index contributed by atoms with van der Waals surface area (Å²) in [5.74, 6) is -0.198. The van der Waals surface area contributed by atoms with Gasteiger partial charge in [-0.2, -0.15) is 0 Å². The van der Waals surface area contributed by atoms with Gasteiger partial charge in [0.1, 0.15) is 0 Å². The van der Waals surface area contributed by atoms with Crippen molar-refractivity contribution in [1.29, 1.82) is 0 Å². The van der Waals surface area contributed by atoms with Crippen molar-refractivity contribution in [3.05, 3.63) is 29.8 Å². The Morgan fingerprint density at radius 1 is 1.25 bits per heavy atom. The van der Waals surface area contributed by atoms with Gasteiger partial charge in [-0.3, -0.25) is 9.59 Å². The molecule has 2 amide bonds. The average Bonchev–Trinajstić information content (AvgIpc) is 2.38. The summed E-state index contributed by atoms with van der Waals surface area (Å²) in [6.45, 7) is 7.30. The number of carbonyl (C=O) groups excluding carboxylic acids is 2. The van der Waals surface area contributed by atoms with Gasteiger partial charge in [-0.05, 0) is 38.6 Å². The number of hydrogen-bond donors (Lipinski definition) is 3. The molecule has 0 heterocycles. The predicted molar refractivity (Wildman–Crippen MR) is 80.8 cm³/mol. The van der Waals surface area contributed by atoms with Crippen molar-refractivity contribution >= 4 is 17.5 Å². The molecular weight excluding hydrogens is 254 g/mol. The Hall–Kier alpha value is -1.88. The van der Waals surface area contributed by atoms with Crippen molar-refractivity contribution in [2.45, 2.75) is 33.2 Å². The van der Waals surface area contributed by atoms with Crippen LogP contribution in [0, 0.1) is 0 Å². The molecule has 0 aromatic heterocycles. The summed E-state index contributed by atoms with van der Waals surface area (Å²) in [7, 11) is 0. The van der Waals surface area contributed by atoms with E-state index in [0.29, 0.717) is 24.2 Å². The molecule has 0 saturated heterocycles. The third-order valence-electron chi connectivity index (χ3n) is 2.61. The van der Waals surface area contributed by atoms with Crippen LogP contribution in [0.2, 0.25) is 0 Å².